The summed E-state index contributed by atoms with van der Waals surface area (Å²) in [7, 11) is 0. The van der Waals surface area contributed by atoms with Crippen molar-refractivity contribution in [3.05, 3.63) is 10.2 Å². The van der Waals surface area contributed by atoms with Gasteiger partial charge in [-0.15, -0.1) is 0 Å². The van der Waals surface area contributed by atoms with Crippen LogP contribution in [0.5, 0.6) is 0 Å². The fourth-order valence-electron chi connectivity index (χ4n) is 0.500. The first kappa shape index (κ1) is 5.82. The van der Waals surface area contributed by atoms with Crippen molar-refractivity contribution in [1.82, 2.24) is 5.43 Å². The maximum atomic E-state index is 3.82. The molecule has 2 nitrogen and oxygen atoms in total. The molecule has 0 N–H and O–H groups in total. The Labute approximate surface area is 56.8 Å². The number of halogens is 1. The summed E-state index contributed by atoms with van der Waals surface area (Å²) in [6.45, 7) is 3.84. The summed E-state index contributed by atoms with van der Waals surface area (Å²) < 4.78 is 1.03. The Balaban J connectivity index is 2.88. The van der Waals surface area contributed by atoms with E-state index in [2.05, 4.69) is 26.5 Å². The molecule has 0 spiro atoms. The van der Waals surface area contributed by atoms with E-state index in [4.69, 9.17) is 0 Å². The Morgan fingerprint density at radius 2 is 2.00 bits per heavy atom. The van der Waals surface area contributed by atoms with Crippen LogP contribution in [-0.2, 0) is 0 Å². The molecule has 8 heavy (non-hydrogen) atoms. The van der Waals surface area contributed by atoms with Gasteiger partial charge in [-0.3, -0.25) is 0 Å². The smallest absolute Gasteiger partial charge is 0.0760 e. The lowest BCUT2D eigenvalue weighted by Crippen LogP contribution is -1.84. The highest BCUT2D eigenvalue weighted by Gasteiger charge is 2.09. The van der Waals surface area contributed by atoms with Crippen LogP contribution in [0.3, 0.4) is 0 Å². The van der Waals surface area contributed by atoms with Gasteiger partial charge in [0.2, 0.25) is 0 Å². The molecule has 1 radical (unpaired) electrons. The van der Waals surface area contributed by atoms with Gasteiger partial charge in [0.25, 0.3) is 0 Å². The fourth-order valence-corrected chi connectivity index (χ4v) is 0.658. The minimum Gasteiger partial charge on any atom is -0.154 e. The number of nitrogens with zero attached hydrogens (tertiary/aromatic N) is 2. The molecule has 0 aromatic heterocycles. The second kappa shape index (κ2) is 1.90. The van der Waals surface area contributed by atoms with Crippen LogP contribution in [0, 0.1) is 0 Å². The van der Waals surface area contributed by atoms with Crippen LogP contribution in [0.2, 0.25) is 0 Å². The number of hydrogen-bond donors (Lipinski definition) is 0. The quantitative estimate of drug-likeness (QED) is 0.533. The van der Waals surface area contributed by atoms with Gasteiger partial charge in [-0.05, 0) is 29.8 Å². The summed E-state index contributed by atoms with van der Waals surface area (Å²) >= 11 is 3.32. The van der Waals surface area contributed by atoms with Crippen molar-refractivity contribution in [2.75, 3.05) is 0 Å². The highest BCUT2D eigenvalue weighted by atomic mass is 79.9. The molecule has 0 atom stereocenters. The van der Waals surface area contributed by atoms with Gasteiger partial charge in [0.05, 0.1) is 15.9 Å². The highest BCUT2D eigenvalue weighted by Crippen LogP contribution is 2.17. The van der Waals surface area contributed by atoms with Crippen molar-refractivity contribution >= 4 is 21.6 Å². The van der Waals surface area contributed by atoms with E-state index >= 15 is 0 Å². The topological polar surface area (TPSA) is 26.5 Å². The van der Waals surface area contributed by atoms with Crippen LogP contribution >= 0.6 is 15.9 Å². The molecule has 3 heteroatoms. The average molecular weight is 174 g/mol. The van der Waals surface area contributed by atoms with E-state index in [1.165, 1.54) is 0 Å². The zero-order chi connectivity index (χ0) is 6.15. The molecule has 0 aliphatic carbocycles. The van der Waals surface area contributed by atoms with E-state index in [0.717, 1.165) is 15.9 Å². The maximum Gasteiger partial charge on any atom is 0.0760 e. The van der Waals surface area contributed by atoms with Crippen molar-refractivity contribution in [3.8, 4) is 0 Å². The van der Waals surface area contributed by atoms with Crippen LogP contribution in [0.4, 0.5) is 0 Å². The van der Waals surface area contributed by atoms with Crippen molar-refractivity contribution in [2.45, 2.75) is 13.8 Å². The third kappa shape index (κ3) is 0.777. The van der Waals surface area contributed by atoms with Gasteiger partial charge in [-0.2, -0.15) is 10.5 Å². The molecule has 1 rings (SSSR count). The third-order valence-electron chi connectivity index (χ3n) is 0.985. The first-order valence-electron chi connectivity index (χ1n) is 2.34. The van der Waals surface area contributed by atoms with E-state index in [9.17, 15) is 0 Å². The van der Waals surface area contributed by atoms with E-state index in [1.54, 1.807) is 0 Å². The Bertz CT molecular complexity index is 164. The van der Waals surface area contributed by atoms with Gasteiger partial charge in [0, 0.05) is 0 Å². The molecule has 0 amide bonds. The van der Waals surface area contributed by atoms with Gasteiger partial charge < -0.3 is 0 Å². The van der Waals surface area contributed by atoms with Crippen molar-refractivity contribution < 1.29 is 0 Å². The SMILES string of the molecule is CC1=N[N]C(C)=C1Br. The summed E-state index contributed by atoms with van der Waals surface area (Å²) in [6.07, 6.45) is 0. The van der Waals surface area contributed by atoms with Crippen LogP contribution in [0.15, 0.2) is 15.3 Å². The van der Waals surface area contributed by atoms with E-state index < -0.39 is 0 Å². The number of hydrogen-bond acceptors (Lipinski definition) is 1. The first-order chi connectivity index (χ1) is 3.72. The summed E-state index contributed by atoms with van der Waals surface area (Å²) in [5.74, 6) is 0. The summed E-state index contributed by atoms with van der Waals surface area (Å²) in [4.78, 5) is 0. The summed E-state index contributed by atoms with van der Waals surface area (Å²) in [5.41, 5.74) is 5.74. The second-order valence-corrected chi connectivity index (χ2v) is 2.48. The van der Waals surface area contributed by atoms with Crippen LogP contribution in [0.1, 0.15) is 13.8 Å². The second-order valence-electron chi connectivity index (χ2n) is 1.68. The molecule has 0 aromatic carbocycles. The normalized spacial score (nSPS) is 18.6. The molecule has 1 heterocycles. The van der Waals surface area contributed by atoms with Gasteiger partial charge in [0.1, 0.15) is 0 Å². The summed E-state index contributed by atoms with van der Waals surface area (Å²) in [5, 5.41) is 3.82. The minimum absolute atomic E-state index is 0.961. The fraction of sp³-hybridized carbons (Fsp3) is 0.400. The Morgan fingerprint density at radius 1 is 1.38 bits per heavy atom. The predicted octanol–water partition coefficient (Wildman–Crippen LogP) is 1.61. The third-order valence-corrected chi connectivity index (χ3v) is 2.13. The monoisotopic (exact) mass is 173 g/mol. The van der Waals surface area contributed by atoms with Gasteiger partial charge in [0.15, 0.2) is 0 Å². The van der Waals surface area contributed by atoms with E-state index in [-0.39, 0.29) is 0 Å². The lowest BCUT2D eigenvalue weighted by atomic mass is 10.4. The van der Waals surface area contributed by atoms with Crippen LogP contribution in [-0.4, -0.2) is 5.71 Å². The molecule has 0 bridgehead atoms. The molecule has 43 valence electrons. The lowest BCUT2D eigenvalue weighted by Gasteiger charge is -1.85. The Kier molecular flexibility index (Phi) is 1.38. The van der Waals surface area contributed by atoms with Gasteiger partial charge in [-0.1, -0.05) is 0 Å². The van der Waals surface area contributed by atoms with E-state index in [1.807, 2.05) is 13.8 Å². The Hall–Kier alpha value is -0.310. The molecular formula is C5H6BrN2. The largest absolute Gasteiger partial charge is 0.154 e. The van der Waals surface area contributed by atoms with Crippen molar-refractivity contribution in [2.24, 2.45) is 5.10 Å². The first-order valence-corrected chi connectivity index (χ1v) is 3.13. The van der Waals surface area contributed by atoms with Crippen molar-refractivity contribution in [1.29, 1.82) is 0 Å². The molecule has 1 aliphatic rings. The molecule has 1 aliphatic heterocycles. The van der Waals surface area contributed by atoms with Gasteiger partial charge >= 0.3 is 0 Å². The average Bonchev–Trinajstić information content (AvgIpc) is 1.98. The zero-order valence-electron chi connectivity index (χ0n) is 4.77. The molecule has 0 fully saturated rings. The molecule has 0 unspecified atom stereocenters. The van der Waals surface area contributed by atoms with Crippen LogP contribution < -0.4 is 5.43 Å². The standard InChI is InChI=1S/C5H6BrN2/c1-3-5(6)4(2)8-7-3/h1-2H3. The highest BCUT2D eigenvalue weighted by molar-refractivity contribution is 9.12. The molecule has 0 saturated carbocycles. The van der Waals surface area contributed by atoms with E-state index in [0.29, 0.717) is 0 Å². The predicted molar refractivity (Wildman–Crippen MR) is 36.9 cm³/mol. The number of rotatable bonds is 0. The molecule has 0 saturated heterocycles. The number of allylic oxidation sites excluding steroid dienone is 2. The minimum atomic E-state index is 0.961. The van der Waals surface area contributed by atoms with Gasteiger partial charge in [-0.25, -0.2) is 0 Å². The lowest BCUT2D eigenvalue weighted by molar-refractivity contribution is 0.894. The van der Waals surface area contributed by atoms with Crippen LogP contribution in [0.25, 0.3) is 0 Å². The zero-order valence-corrected chi connectivity index (χ0v) is 6.36. The molecule has 0 aromatic rings. The Morgan fingerprint density at radius 3 is 2.12 bits per heavy atom. The van der Waals surface area contributed by atoms with Crippen molar-refractivity contribution in [3.63, 3.8) is 0 Å². The summed E-state index contributed by atoms with van der Waals surface area (Å²) in [6, 6.07) is 0. The molecular weight excluding hydrogens is 168 g/mol. The maximum absolute atomic E-state index is 3.82.